The molecule has 1 atom stereocenters. The monoisotopic (exact) mass is 466 g/mol. The van der Waals surface area contributed by atoms with Crippen molar-refractivity contribution in [1.29, 1.82) is 0 Å². The lowest BCUT2D eigenvalue weighted by molar-refractivity contribution is -0.287. The molecule has 8 nitrogen and oxygen atoms in total. The third-order valence-corrected chi connectivity index (χ3v) is 6.52. The van der Waals surface area contributed by atoms with Crippen LogP contribution >= 0.6 is 0 Å². The lowest BCUT2D eigenvalue weighted by Gasteiger charge is -2.45. The van der Waals surface area contributed by atoms with Gasteiger partial charge in [0.05, 0.1) is 18.9 Å². The van der Waals surface area contributed by atoms with Crippen molar-refractivity contribution in [2.45, 2.75) is 68.4 Å². The number of hydrogen-bond acceptors (Lipinski definition) is 5. The summed E-state index contributed by atoms with van der Waals surface area (Å²) in [6.45, 7) is 2.45. The van der Waals surface area contributed by atoms with Crippen molar-refractivity contribution in [3.8, 4) is 0 Å². The number of carbonyl (C=O) groups is 2. The van der Waals surface area contributed by atoms with Crippen LogP contribution in [0.4, 0.5) is 13.6 Å². The van der Waals surface area contributed by atoms with Gasteiger partial charge in [-0.1, -0.05) is 30.3 Å². The zero-order chi connectivity index (χ0) is 23.7. The largest absolute Gasteiger partial charge is 0.349 e. The summed E-state index contributed by atoms with van der Waals surface area (Å²) < 4.78 is 39.5. The summed E-state index contributed by atoms with van der Waals surface area (Å²) in [4.78, 5) is 26.8. The van der Waals surface area contributed by atoms with Gasteiger partial charge in [-0.15, -0.1) is 0 Å². The fourth-order valence-electron chi connectivity index (χ4n) is 4.25. The number of hydrogen-bond donors (Lipinski definition) is 3. The molecule has 2 aliphatic heterocycles. The van der Waals surface area contributed by atoms with Crippen molar-refractivity contribution in [3.05, 3.63) is 35.9 Å². The van der Waals surface area contributed by atoms with Crippen LogP contribution in [0.15, 0.2) is 30.3 Å². The lowest BCUT2D eigenvalue weighted by atomic mass is 9.97. The molecule has 0 radical (unpaired) electrons. The number of rotatable bonds is 6. The van der Waals surface area contributed by atoms with Crippen LogP contribution in [0.2, 0.25) is 0 Å². The molecule has 0 bridgehead atoms. The molecule has 0 unspecified atom stereocenters. The van der Waals surface area contributed by atoms with Crippen molar-refractivity contribution in [1.82, 2.24) is 15.5 Å². The summed E-state index contributed by atoms with van der Waals surface area (Å²) in [5, 5.41) is 5.03. The fraction of sp³-hybridized carbons (Fsp3) is 0.652. The van der Waals surface area contributed by atoms with Crippen LogP contribution in [0, 0.1) is 0 Å². The topological polar surface area (TPSA) is 106 Å². The van der Waals surface area contributed by atoms with Crippen molar-refractivity contribution < 1.29 is 27.8 Å². The second-order valence-electron chi connectivity index (χ2n) is 9.55. The van der Waals surface area contributed by atoms with Crippen LogP contribution in [-0.2, 0) is 14.3 Å². The van der Waals surface area contributed by atoms with Gasteiger partial charge in [-0.25, -0.2) is 13.6 Å². The predicted octanol–water partition coefficient (Wildman–Crippen LogP) is 2.30. The first-order valence-electron chi connectivity index (χ1n) is 11.4. The molecule has 1 spiro atoms. The highest BCUT2D eigenvalue weighted by molar-refractivity contribution is 5.87. The first-order valence-corrected chi connectivity index (χ1v) is 11.4. The molecule has 1 saturated carbocycles. The molecule has 1 aromatic rings. The van der Waals surface area contributed by atoms with Crippen LogP contribution in [0.1, 0.15) is 50.5 Å². The molecule has 1 aliphatic carbocycles. The number of urea groups is 1. The standard InChI is InChI=1S/C23H32F2N4O4/c1-21(24,25)13-18(19(30)28-22(26)7-8-22)27-20(31)29-11-9-23(10-12-29)32-14-17(15-33-23)16-5-3-2-4-6-16/h2-6,17-18H,7-15,26H2,1H3,(H,27,31)(H,28,30)/t18-/m0/s1. The number of nitrogens with one attached hydrogen (secondary N) is 2. The molecule has 0 aromatic heterocycles. The third-order valence-electron chi connectivity index (χ3n) is 6.52. The lowest BCUT2D eigenvalue weighted by Crippen LogP contribution is -2.59. The Hall–Kier alpha value is -2.30. The van der Waals surface area contributed by atoms with E-state index in [0.717, 1.165) is 12.5 Å². The van der Waals surface area contributed by atoms with Crippen LogP contribution in [-0.4, -0.2) is 66.6 Å². The van der Waals surface area contributed by atoms with Crippen LogP contribution < -0.4 is 16.4 Å². The van der Waals surface area contributed by atoms with Crippen molar-refractivity contribution >= 4 is 11.9 Å². The van der Waals surface area contributed by atoms with Crippen molar-refractivity contribution in [3.63, 3.8) is 0 Å². The van der Waals surface area contributed by atoms with Gasteiger partial charge >= 0.3 is 6.03 Å². The summed E-state index contributed by atoms with van der Waals surface area (Å²) in [6, 6.07) is 8.09. The van der Waals surface area contributed by atoms with Crippen LogP contribution in [0.3, 0.4) is 0 Å². The molecule has 2 saturated heterocycles. The quantitative estimate of drug-likeness (QED) is 0.558. The van der Waals surface area contributed by atoms with E-state index in [2.05, 4.69) is 10.6 Å². The number of nitrogens with zero attached hydrogens (tertiary/aromatic N) is 1. The molecule has 3 amide bonds. The third kappa shape index (κ3) is 6.18. The molecule has 10 heteroatoms. The minimum Gasteiger partial charge on any atom is -0.349 e. The minimum absolute atomic E-state index is 0.158. The second-order valence-corrected chi connectivity index (χ2v) is 9.55. The first kappa shape index (κ1) is 23.8. The Bertz CT molecular complexity index is 842. The number of piperidine rings is 1. The van der Waals surface area contributed by atoms with E-state index in [9.17, 15) is 18.4 Å². The number of ether oxygens (including phenoxy) is 2. The zero-order valence-electron chi connectivity index (χ0n) is 18.8. The van der Waals surface area contributed by atoms with Crippen molar-refractivity contribution in [2.75, 3.05) is 26.3 Å². The number of carbonyl (C=O) groups excluding carboxylic acids is 2. The Balaban J connectivity index is 1.29. The Morgan fingerprint density at radius 1 is 1.15 bits per heavy atom. The summed E-state index contributed by atoms with van der Waals surface area (Å²) in [7, 11) is 0. The number of halogens is 2. The van der Waals surface area contributed by atoms with E-state index in [1.54, 1.807) is 0 Å². The zero-order valence-corrected chi connectivity index (χ0v) is 18.8. The summed E-state index contributed by atoms with van der Waals surface area (Å²) in [6.07, 6.45) is 1.30. The fourth-order valence-corrected chi connectivity index (χ4v) is 4.25. The summed E-state index contributed by atoms with van der Waals surface area (Å²) in [5.41, 5.74) is 6.18. The van der Waals surface area contributed by atoms with E-state index < -0.39 is 41.8 Å². The van der Waals surface area contributed by atoms with Gasteiger partial charge < -0.3 is 30.7 Å². The van der Waals surface area contributed by atoms with Gasteiger partial charge in [0.25, 0.3) is 0 Å². The Labute approximate surface area is 192 Å². The molecule has 3 fully saturated rings. The molecule has 33 heavy (non-hydrogen) atoms. The predicted molar refractivity (Wildman–Crippen MR) is 116 cm³/mol. The maximum atomic E-state index is 13.7. The van der Waals surface area contributed by atoms with Crippen LogP contribution in [0.5, 0.6) is 0 Å². The molecular formula is C23H32F2N4O4. The highest BCUT2D eigenvalue weighted by atomic mass is 19.3. The number of alkyl halides is 2. The average Bonchev–Trinajstić information content (AvgIpc) is 3.50. The molecule has 4 rings (SSSR count). The van der Waals surface area contributed by atoms with E-state index in [4.69, 9.17) is 15.2 Å². The molecular weight excluding hydrogens is 434 g/mol. The molecule has 182 valence electrons. The maximum absolute atomic E-state index is 13.7. The van der Waals surface area contributed by atoms with E-state index >= 15 is 0 Å². The van der Waals surface area contributed by atoms with E-state index in [-0.39, 0.29) is 5.92 Å². The highest BCUT2D eigenvalue weighted by Crippen LogP contribution is 2.35. The number of likely N-dealkylation sites (tertiary alicyclic amines) is 1. The first-order chi connectivity index (χ1) is 15.6. The molecule has 2 heterocycles. The van der Waals surface area contributed by atoms with E-state index in [1.165, 1.54) is 4.90 Å². The molecule has 3 aliphatic rings. The van der Waals surface area contributed by atoms with Crippen molar-refractivity contribution in [2.24, 2.45) is 5.73 Å². The SMILES string of the molecule is CC(F)(F)C[C@H](NC(=O)N1CCC2(CC1)OCC(c1ccccc1)CO2)C(=O)NC1(N)CC1. The van der Waals surface area contributed by atoms with Gasteiger partial charge in [0.2, 0.25) is 11.8 Å². The second kappa shape index (κ2) is 9.15. The summed E-state index contributed by atoms with van der Waals surface area (Å²) in [5.74, 6) is -4.39. The number of amides is 3. The average molecular weight is 467 g/mol. The van der Waals surface area contributed by atoms with Gasteiger partial charge in [0.1, 0.15) is 6.04 Å². The highest BCUT2D eigenvalue weighted by Gasteiger charge is 2.44. The normalized spacial score (nSPS) is 23.1. The molecule has 1 aromatic carbocycles. The minimum atomic E-state index is -3.12. The Morgan fingerprint density at radius 3 is 2.30 bits per heavy atom. The number of benzene rings is 1. The van der Waals surface area contributed by atoms with Crippen LogP contribution in [0.25, 0.3) is 0 Å². The van der Waals surface area contributed by atoms with E-state index in [1.807, 2.05) is 30.3 Å². The number of nitrogens with two attached hydrogens (primary N) is 1. The maximum Gasteiger partial charge on any atom is 0.318 e. The summed E-state index contributed by atoms with van der Waals surface area (Å²) >= 11 is 0. The van der Waals surface area contributed by atoms with Gasteiger partial charge in [-0.2, -0.15) is 0 Å². The van der Waals surface area contributed by atoms with Gasteiger partial charge in [-0.05, 0) is 25.3 Å². The van der Waals surface area contributed by atoms with Gasteiger partial charge in [0, 0.05) is 38.3 Å². The molecule has 4 N–H and O–H groups in total. The Morgan fingerprint density at radius 2 is 1.76 bits per heavy atom. The smallest absolute Gasteiger partial charge is 0.318 e. The Kier molecular flexibility index (Phi) is 6.61. The van der Waals surface area contributed by atoms with Gasteiger partial charge in [-0.3, -0.25) is 4.79 Å². The van der Waals surface area contributed by atoms with Gasteiger partial charge in [0.15, 0.2) is 5.79 Å². The van der Waals surface area contributed by atoms with E-state index in [0.29, 0.717) is 52.0 Å².